The standard InChI is InChI=1S/C12H26N2O2S/c1-4-12(2)6-9-14(10-7-12)17(15,16)11-5-8-13-3/h13H,4-11H2,1-3H3. The molecule has 0 bridgehead atoms. The molecule has 5 heteroatoms. The van der Waals surface area contributed by atoms with Crippen molar-refractivity contribution in [1.29, 1.82) is 0 Å². The third-order valence-electron chi connectivity index (χ3n) is 4.01. The van der Waals surface area contributed by atoms with Crippen molar-refractivity contribution in [1.82, 2.24) is 9.62 Å². The fourth-order valence-electron chi connectivity index (χ4n) is 2.22. The van der Waals surface area contributed by atoms with E-state index >= 15 is 0 Å². The molecule has 0 aromatic heterocycles. The minimum absolute atomic E-state index is 0.274. The SMILES string of the molecule is CCC1(C)CCN(S(=O)(=O)CCCNC)CC1. The zero-order valence-electron chi connectivity index (χ0n) is 11.3. The molecule has 4 nitrogen and oxygen atoms in total. The van der Waals surface area contributed by atoms with Crippen molar-refractivity contribution < 1.29 is 8.42 Å². The maximum Gasteiger partial charge on any atom is 0.214 e. The minimum atomic E-state index is -3.02. The Morgan fingerprint density at radius 3 is 2.35 bits per heavy atom. The van der Waals surface area contributed by atoms with Gasteiger partial charge in [0.05, 0.1) is 5.75 Å². The van der Waals surface area contributed by atoms with Gasteiger partial charge in [-0.25, -0.2) is 12.7 Å². The van der Waals surface area contributed by atoms with Crippen LogP contribution in [0.3, 0.4) is 0 Å². The molecule has 0 radical (unpaired) electrons. The smallest absolute Gasteiger partial charge is 0.214 e. The lowest BCUT2D eigenvalue weighted by molar-refractivity contribution is 0.169. The molecule has 1 saturated heterocycles. The van der Waals surface area contributed by atoms with E-state index in [1.165, 1.54) is 0 Å². The van der Waals surface area contributed by atoms with Gasteiger partial charge in [-0.15, -0.1) is 0 Å². The molecule has 1 aliphatic rings. The number of rotatable bonds is 6. The summed E-state index contributed by atoms with van der Waals surface area (Å²) in [5.74, 6) is 0.274. The number of nitrogens with one attached hydrogen (secondary N) is 1. The Morgan fingerprint density at radius 1 is 1.29 bits per heavy atom. The summed E-state index contributed by atoms with van der Waals surface area (Å²) in [6, 6.07) is 0. The molecule has 102 valence electrons. The molecule has 1 rings (SSSR count). The summed E-state index contributed by atoms with van der Waals surface area (Å²) in [5, 5.41) is 2.98. The third kappa shape index (κ3) is 4.23. The van der Waals surface area contributed by atoms with Gasteiger partial charge in [0, 0.05) is 13.1 Å². The van der Waals surface area contributed by atoms with Crippen LogP contribution in [0.4, 0.5) is 0 Å². The predicted octanol–water partition coefficient (Wildman–Crippen LogP) is 1.44. The molecular weight excluding hydrogens is 236 g/mol. The van der Waals surface area contributed by atoms with Crippen LogP contribution < -0.4 is 5.32 Å². The molecule has 0 spiro atoms. The topological polar surface area (TPSA) is 49.4 Å². The number of hydrogen-bond acceptors (Lipinski definition) is 3. The fourth-order valence-corrected chi connectivity index (χ4v) is 3.72. The van der Waals surface area contributed by atoms with Crippen LogP contribution in [0.5, 0.6) is 0 Å². The van der Waals surface area contributed by atoms with Crippen molar-refractivity contribution >= 4 is 10.0 Å². The van der Waals surface area contributed by atoms with Crippen LogP contribution in [0.1, 0.15) is 39.5 Å². The van der Waals surface area contributed by atoms with E-state index in [2.05, 4.69) is 19.2 Å². The minimum Gasteiger partial charge on any atom is -0.320 e. The van der Waals surface area contributed by atoms with Crippen molar-refractivity contribution in [2.45, 2.75) is 39.5 Å². The summed E-state index contributed by atoms with van der Waals surface area (Å²) in [4.78, 5) is 0. The maximum absolute atomic E-state index is 12.1. The van der Waals surface area contributed by atoms with Gasteiger partial charge in [0.25, 0.3) is 0 Å². The van der Waals surface area contributed by atoms with Gasteiger partial charge in [-0.3, -0.25) is 0 Å². The van der Waals surface area contributed by atoms with Crippen LogP contribution in [0, 0.1) is 5.41 Å². The largest absolute Gasteiger partial charge is 0.320 e. The number of hydrogen-bond donors (Lipinski definition) is 1. The second kappa shape index (κ2) is 6.16. The quantitative estimate of drug-likeness (QED) is 0.737. The van der Waals surface area contributed by atoms with Crippen molar-refractivity contribution in [3.63, 3.8) is 0 Å². The molecule has 1 heterocycles. The number of sulfonamides is 1. The summed E-state index contributed by atoms with van der Waals surface area (Å²) in [5.41, 5.74) is 0.344. The lowest BCUT2D eigenvalue weighted by Gasteiger charge is -2.38. The monoisotopic (exact) mass is 262 g/mol. The Hall–Kier alpha value is -0.130. The maximum atomic E-state index is 12.1. The van der Waals surface area contributed by atoms with E-state index in [-0.39, 0.29) is 5.75 Å². The molecule has 0 saturated carbocycles. The highest BCUT2D eigenvalue weighted by Gasteiger charge is 2.33. The van der Waals surface area contributed by atoms with Crippen molar-refractivity contribution in [2.75, 3.05) is 32.4 Å². The number of nitrogens with zero attached hydrogens (tertiary/aromatic N) is 1. The van der Waals surface area contributed by atoms with Crippen LogP contribution in [-0.2, 0) is 10.0 Å². The first-order chi connectivity index (χ1) is 7.93. The normalized spacial score (nSPS) is 21.6. The zero-order valence-corrected chi connectivity index (χ0v) is 12.1. The molecule has 0 aliphatic carbocycles. The highest BCUT2D eigenvalue weighted by atomic mass is 32.2. The summed E-state index contributed by atoms with van der Waals surface area (Å²) < 4.78 is 25.8. The molecule has 17 heavy (non-hydrogen) atoms. The fraction of sp³-hybridized carbons (Fsp3) is 1.00. The Labute approximate surface area is 106 Å². The van der Waals surface area contributed by atoms with Gasteiger partial charge in [0.1, 0.15) is 0 Å². The first-order valence-corrected chi connectivity index (χ1v) is 8.17. The van der Waals surface area contributed by atoms with Crippen LogP contribution >= 0.6 is 0 Å². The Balaban J connectivity index is 2.47. The van der Waals surface area contributed by atoms with Gasteiger partial charge >= 0.3 is 0 Å². The molecule has 1 fully saturated rings. The Kier molecular flexibility index (Phi) is 5.41. The second-order valence-corrected chi connectivity index (χ2v) is 7.42. The van der Waals surface area contributed by atoms with Gasteiger partial charge in [-0.1, -0.05) is 20.3 Å². The van der Waals surface area contributed by atoms with Crippen molar-refractivity contribution in [3.8, 4) is 0 Å². The molecule has 0 aromatic rings. The molecule has 1 N–H and O–H groups in total. The summed E-state index contributed by atoms with van der Waals surface area (Å²) in [6.45, 7) is 6.62. The van der Waals surface area contributed by atoms with E-state index in [0.717, 1.165) is 25.8 Å². The molecule has 0 aromatic carbocycles. The van der Waals surface area contributed by atoms with Crippen molar-refractivity contribution in [3.05, 3.63) is 0 Å². The second-order valence-electron chi connectivity index (χ2n) is 5.34. The summed E-state index contributed by atoms with van der Waals surface area (Å²) >= 11 is 0. The van der Waals surface area contributed by atoms with E-state index < -0.39 is 10.0 Å². The van der Waals surface area contributed by atoms with Crippen LogP contribution in [0.15, 0.2) is 0 Å². The molecule has 0 amide bonds. The summed E-state index contributed by atoms with van der Waals surface area (Å²) in [6.07, 6.45) is 3.82. The van der Waals surface area contributed by atoms with E-state index in [0.29, 0.717) is 24.9 Å². The van der Waals surface area contributed by atoms with Crippen LogP contribution in [0.2, 0.25) is 0 Å². The molecule has 0 atom stereocenters. The van der Waals surface area contributed by atoms with Gasteiger partial charge in [-0.05, 0) is 38.3 Å². The van der Waals surface area contributed by atoms with Gasteiger partial charge in [-0.2, -0.15) is 0 Å². The van der Waals surface area contributed by atoms with Gasteiger partial charge < -0.3 is 5.32 Å². The first kappa shape index (κ1) is 14.9. The highest BCUT2D eigenvalue weighted by molar-refractivity contribution is 7.89. The van der Waals surface area contributed by atoms with Crippen LogP contribution in [0.25, 0.3) is 0 Å². The van der Waals surface area contributed by atoms with E-state index in [1.54, 1.807) is 4.31 Å². The van der Waals surface area contributed by atoms with E-state index in [4.69, 9.17) is 0 Å². The molecule has 1 aliphatic heterocycles. The molecule has 0 unspecified atom stereocenters. The average molecular weight is 262 g/mol. The highest BCUT2D eigenvalue weighted by Crippen LogP contribution is 2.34. The van der Waals surface area contributed by atoms with Gasteiger partial charge in [0.2, 0.25) is 10.0 Å². The predicted molar refractivity (Wildman–Crippen MR) is 71.5 cm³/mol. The van der Waals surface area contributed by atoms with Crippen molar-refractivity contribution in [2.24, 2.45) is 5.41 Å². The van der Waals surface area contributed by atoms with Gasteiger partial charge in [0.15, 0.2) is 0 Å². The average Bonchev–Trinajstić information content (AvgIpc) is 2.30. The zero-order chi connectivity index (χ0) is 12.9. The van der Waals surface area contributed by atoms with Crippen LogP contribution in [-0.4, -0.2) is 45.2 Å². The lowest BCUT2D eigenvalue weighted by Crippen LogP contribution is -2.43. The lowest BCUT2D eigenvalue weighted by atomic mass is 9.79. The Bertz CT molecular complexity index is 319. The number of piperidine rings is 1. The van der Waals surface area contributed by atoms with E-state index in [9.17, 15) is 8.42 Å². The third-order valence-corrected chi connectivity index (χ3v) is 5.96. The first-order valence-electron chi connectivity index (χ1n) is 6.56. The Morgan fingerprint density at radius 2 is 1.88 bits per heavy atom. The summed E-state index contributed by atoms with van der Waals surface area (Å²) in [7, 11) is -1.17. The molecular formula is C12H26N2O2S. The van der Waals surface area contributed by atoms with E-state index in [1.807, 2.05) is 7.05 Å².